The first kappa shape index (κ1) is 21.9. The molecule has 4 amide bonds. The van der Waals surface area contributed by atoms with Crippen LogP contribution in [0.1, 0.15) is 32.3 Å². The Morgan fingerprint density at radius 3 is 2.52 bits per heavy atom. The summed E-state index contributed by atoms with van der Waals surface area (Å²) < 4.78 is 4.75. The highest BCUT2D eigenvalue weighted by Crippen LogP contribution is 2.00. The van der Waals surface area contributed by atoms with Gasteiger partial charge in [-0.1, -0.05) is 37.3 Å². The zero-order valence-electron chi connectivity index (χ0n) is 15.5. The van der Waals surface area contributed by atoms with Gasteiger partial charge in [0.2, 0.25) is 5.91 Å². The van der Waals surface area contributed by atoms with E-state index in [1.165, 1.54) is 6.08 Å². The van der Waals surface area contributed by atoms with E-state index in [1.54, 1.807) is 13.0 Å². The van der Waals surface area contributed by atoms with Crippen molar-refractivity contribution in [2.45, 2.75) is 32.7 Å². The molecular weight excluding hydrogens is 350 g/mol. The lowest BCUT2D eigenvalue weighted by Gasteiger charge is -2.11. The fourth-order valence-electron chi connectivity index (χ4n) is 1.83. The number of esters is 1. The zero-order valence-corrected chi connectivity index (χ0v) is 15.5. The molecule has 3 N–H and O–H groups in total. The number of amides is 4. The minimum absolute atomic E-state index is 0.0695. The minimum Gasteiger partial charge on any atom is -0.456 e. The van der Waals surface area contributed by atoms with E-state index in [-0.39, 0.29) is 24.9 Å². The van der Waals surface area contributed by atoms with Crippen molar-refractivity contribution in [2.75, 3.05) is 13.2 Å². The average molecular weight is 375 g/mol. The van der Waals surface area contributed by atoms with Crippen LogP contribution in [0.2, 0.25) is 0 Å². The van der Waals surface area contributed by atoms with Crippen molar-refractivity contribution in [3.05, 3.63) is 42.0 Å². The van der Waals surface area contributed by atoms with E-state index >= 15 is 0 Å². The predicted molar refractivity (Wildman–Crippen MR) is 100 cm³/mol. The summed E-state index contributed by atoms with van der Waals surface area (Å²) in [4.78, 5) is 46.1. The molecule has 0 aliphatic heterocycles. The molecule has 8 heteroatoms. The highest BCUT2D eigenvalue weighted by atomic mass is 16.5. The van der Waals surface area contributed by atoms with Crippen molar-refractivity contribution in [2.24, 2.45) is 0 Å². The molecule has 1 rings (SSSR count). The van der Waals surface area contributed by atoms with E-state index in [0.717, 1.165) is 12.0 Å². The van der Waals surface area contributed by atoms with Gasteiger partial charge in [-0.3, -0.25) is 19.7 Å². The molecule has 0 heterocycles. The van der Waals surface area contributed by atoms with E-state index in [1.807, 2.05) is 37.3 Å². The van der Waals surface area contributed by atoms with Crippen LogP contribution in [-0.4, -0.2) is 43.0 Å². The van der Waals surface area contributed by atoms with Crippen molar-refractivity contribution in [3.63, 3.8) is 0 Å². The molecule has 8 nitrogen and oxygen atoms in total. The minimum atomic E-state index is -0.723. The van der Waals surface area contributed by atoms with Crippen LogP contribution in [0.5, 0.6) is 0 Å². The topological polar surface area (TPSA) is 114 Å². The second kappa shape index (κ2) is 12.2. The number of carbonyl (C=O) groups excluding carboxylic acids is 4. The highest BCUT2D eigenvalue weighted by Gasteiger charge is 2.12. The molecule has 0 bridgehead atoms. The fourth-order valence-corrected chi connectivity index (χ4v) is 1.83. The second-order valence-corrected chi connectivity index (χ2v) is 5.78. The maximum Gasteiger partial charge on any atom is 0.321 e. The molecule has 0 radical (unpaired) electrons. The number of urea groups is 1. The number of rotatable bonds is 9. The molecule has 1 aromatic rings. The average Bonchev–Trinajstić information content (AvgIpc) is 2.65. The predicted octanol–water partition coefficient (Wildman–Crippen LogP) is 1.37. The summed E-state index contributed by atoms with van der Waals surface area (Å²) in [6.45, 7) is 3.21. The number of carbonyl (C=O) groups is 4. The molecule has 1 aromatic carbocycles. The van der Waals surface area contributed by atoms with Crippen LogP contribution in [-0.2, 0) is 19.1 Å². The maximum atomic E-state index is 11.6. The van der Waals surface area contributed by atoms with Crippen molar-refractivity contribution in [3.8, 4) is 0 Å². The van der Waals surface area contributed by atoms with Gasteiger partial charge in [0, 0.05) is 18.7 Å². The van der Waals surface area contributed by atoms with Crippen molar-refractivity contribution < 1.29 is 23.9 Å². The van der Waals surface area contributed by atoms with Crippen LogP contribution in [0.4, 0.5) is 4.79 Å². The van der Waals surface area contributed by atoms with Gasteiger partial charge < -0.3 is 15.4 Å². The van der Waals surface area contributed by atoms with Crippen LogP contribution < -0.4 is 16.0 Å². The Labute approximate surface area is 158 Å². The van der Waals surface area contributed by atoms with Gasteiger partial charge in [0.1, 0.15) is 0 Å². The number of ether oxygens (including phenoxy) is 1. The first-order valence-electron chi connectivity index (χ1n) is 8.67. The molecule has 0 spiro atoms. The molecule has 0 aliphatic rings. The third-order valence-electron chi connectivity index (χ3n) is 3.46. The Hall–Kier alpha value is -3.16. The third kappa shape index (κ3) is 10.4. The van der Waals surface area contributed by atoms with Crippen LogP contribution >= 0.6 is 0 Å². The number of benzene rings is 1. The Balaban J connectivity index is 2.18. The van der Waals surface area contributed by atoms with Crippen molar-refractivity contribution in [1.29, 1.82) is 0 Å². The van der Waals surface area contributed by atoms with E-state index in [0.29, 0.717) is 0 Å². The van der Waals surface area contributed by atoms with Crippen molar-refractivity contribution >= 4 is 29.9 Å². The maximum absolute atomic E-state index is 11.6. The third-order valence-corrected chi connectivity index (χ3v) is 3.46. The number of hydrogen-bond donors (Lipinski definition) is 3. The van der Waals surface area contributed by atoms with Gasteiger partial charge in [0.05, 0.1) is 6.42 Å². The number of nitrogens with one attached hydrogen (secondary N) is 3. The molecule has 0 saturated carbocycles. The monoisotopic (exact) mass is 375 g/mol. The highest BCUT2D eigenvalue weighted by molar-refractivity contribution is 5.95. The summed E-state index contributed by atoms with van der Waals surface area (Å²) in [5, 5.41) is 7.16. The van der Waals surface area contributed by atoms with Crippen molar-refractivity contribution in [1.82, 2.24) is 16.0 Å². The molecule has 0 saturated heterocycles. The van der Waals surface area contributed by atoms with E-state index in [2.05, 4.69) is 16.0 Å². The smallest absolute Gasteiger partial charge is 0.321 e. The molecule has 0 fully saturated rings. The van der Waals surface area contributed by atoms with Crippen LogP contribution in [0.25, 0.3) is 6.08 Å². The number of hydrogen-bond acceptors (Lipinski definition) is 5. The van der Waals surface area contributed by atoms with Crippen LogP contribution in [0, 0.1) is 0 Å². The lowest BCUT2D eigenvalue weighted by atomic mass is 10.2. The fraction of sp³-hybridized carbons (Fsp3) is 0.368. The quantitative estimate of drug-likeness (QED) is 0.446. The summed E-state index contributed by atoms with van der Waals surface area (Å²) in [5.74, 6) is -1.72. The molecule has 0 unspecified atom stereocenters. The standard InChI is InChI=1S/C19H25N3O5/c1-3-14(2)21-19(26)22-17(24)13-27-18(25)11-12-20-16(23)10-9-15-7-5-4-6-8-15/h4-10,14H,3,11-13H2,1-2H3,(H,20,23)(H2,21,22,24,26)/b10-9+/t14-/m0/s1. The summed E-state index contributed by atoms with van der Waals surface area (Å²) in [5.41, 5.74) is 0.885. The Morgan fingerprint density at radius 1 is 1.15 bits per heavy atom. The molecule has 0 aliphatic carbocycles. The van der Waals surface area contributed by atoms with Crippen LogP contribution in [0.3, 0.4) is 0 Å². The molecule has 27 heavy (non-hydrogen) atoms. The van der Waals surface area contributed by atoms with E-state index < -0.39 is 24.5 Å². The second-order valence-electron chi connectivity index (χ2n) is 5.78. The zero-order chi connectivity index (χ0) is 20.1. The molecular formula is C19H25N3O5. The summed E-state index contributed by atoms with van der Waals surface area (Å²) in [6, 6.07) is 8.60. The summed E-state index contributed by atoms with van der Waals surface area (Å²) in [7, 11) is 0. The van der Waals surface area contributed by atoms with Gasteiger partial charge in [-0.2, -0.15) is 0 Å². The van der Waals surface area contributed by atoms with E-state index in [4.69, 9.17) is 4.74 Å². The molecule has 1 atom stereocenters. The normalized spacial score (nSPS) is 11.5. The van der Waals surface area contributed by atoms with Gasteiger partial charge in [0.15, 0.2) is 6.61 Å². The van der Waals surface area contributed by atoms with Gasteiger partial charge >= 0.3 is 12.0 Å². The summed E-state index contributed by atoms with van der Waals surface area (Å²) >= 11 is 0. The lowest BCUT2D eigenvalue weighted by Crippen LogP contribution is -2.44. The van der Waals surface area contributed by atoms with Gasteiger partial charge in [0.25, 0.3) is 5.91 Å². The van der Waals surface area contributed by atoms with Gasteiger partial charge in [-0.05, 0) is 25.0 Å². The molecule has 146 valence electrons. The van der Waals surface area contributed by atoms with Gasteiger partial charge in [-0.25, -0.2) is 4.79 Å². The molecule has 0 aromatic heterocycles. The Kier molecular flexibility index (Phi) is 9.92. The first-order chi connectivity index (χ1) is 12.9. The SMILES string of the molecule is CC[C@H](C)NC(=O)NC(=O)COC(=O)CCNC(=O)/C=C/c1ccccc1. The number of imide groups is 1. The Bertz CT molecular complexity index is 673. The van der Waals surface area contributed by atoms with Gasteiger partial charge in [-0.15, -0.1) is 0 Å². The van der Waals surface area contributed by atoms with E-state index in [9.17, 15) is 19.2 Å². The lowest BCUT2D eigenvalue weighted by molar-refractivity contribution is -0.148. The summed E-state index contributed by atoms with van der Waals surface area (Å²) in [6.07, 6.45) is 3.66. The largest absolute Gasteiger partial charge is 0.456 e. The Morgan fingerprint density at radius 2 is 1.85 bits per heavy atom. The first-order valence-corrected chi connectivity index (χ1v) is 8.67. The van der Waals surface area contributed by atoms with Crippen LogP contribution in [0.15, 0.2) is 36.4 Å².